The Labute approximate surface area is 92.2 Å². The molecular weight excluding hydrogens is 209 g/mol. The van der Waals surface area contributed by atoms with Gasteiger partial charge in [-0.25, -0.2) is 4.39 Å². The Morgan fingerprint density at radius 3 is 2.81 bits per heavy atom. The van der Waals surface area contributed by atoms with Crippen LogP contribution in [0.25, 0.3) is 0 Å². The van der Waals surface area contributed by atoms with Gasteiger partial charge in [0, 0.05) is 11.4 Å². The lowest BCUT2D eigenvalue weighted by Gasteiger charge is -2.11. The molecule has 0 saturated carbocycles. The van der Waals surface area contributed by atoms with Crippen LogP contribution in [0.5, 0.6) is 0 Å². The van der Waals surface area contributed by atoms with Gasteiger partial charge in [0.25, 0.3) is 0 Å². The quantitative estimate of drug-likeness (QED) is 0.802. The van der Waals surface area contributed by atoms with Crippen molar-refractivity contribution in [1.82, 2.24) is 0 Å². The van der Waals surface area contributed by atoms with Gasteiger partial charge < -0.3 is 11.1 Å². The fourth-order valence-corrected chi connectivity index (χ4v) is 1.14. The van der Waals surface area contributed by atoms with Gasteiger partial charge in [0.05, 0.1) is 6.07 Å². The Bertz CT molecular complexity index is 465. The van der Waals surface area contributed by atoms with Gasteiger partial charge in [0.15, 0.2) is 5.92 Å². The van der Waals surface area contributed by atoms with E-state index in [4.69, 9.17) is 11.0 Å². The van der Waals surface area contributed by atoms with Crippen molar-refractivity contribution >= 4 is 11.6 Å². The zero-order valence-corrected chi connectivity index (χ0v) is 8.40. The molecule has 0 aliphatic heterocycles. The summed E-state index contributed by atoms with van der Waals surface area (Å²) >= 11 is 0. The third kappa shape index (κ3) is 2.82. The number of nitrogens with two attached hydrogens (primary N) is 1. The number of hydrogen-bond donors (Lipinski definition) is 2. The van der Waals surface area contributed by atoms with E-state index in [2.05, 4.69) is 11.9 Å². The van der Waals surface area contributed by atoms with Crippen molar-refractivity contribution < 1.29 is 9.18 Å². The summed E-state index contributed by atoms with van der Waals surface area (Å²) in [7, 11) is 0. The molecule has 82 valence electrons. The molecule has 1 aromatic carbocycles. The lowest BCUT2D eigenvalue weighted by Crippen LogP contribution is -2.26. The number of benzene rings is 1. The van der Waals surface area contributed by atoms with Crippen LogP contribution >= 0.6 is 0 Å². The van der Waals surface area contributed by atoms with E-state index in [9.17, 15) is 9.18 Å². The summed E-state index contributed by atoms with van der Waals surface area (Å²) in [6.45, 7) is 3.52. The Hall–Kier alpha value is -2.35. The van der Waals surface area contributed by atoms with Gasteiger partial charge in [-0.3, -0.25) is 4.79 Å². The normalized spacial score (nSPS) is 11.2. The van der Waals surface area contributed by atoms with Crippen LogP contribution in [0.15, 0.2) is 36.5 Å². The molecule has 1 amide bonds. The van der Waals surface area contributed by atoms with E-state index >= 15 is 0 Å². The monoisotopic (exact) mass is 219 g/mol. The number of anilines is 1. The molecule has 0 aliphatic rings. The number of hydrogen-bond acceptors (Lipinski definition) is 3. The van der Waals surface area contributed by atoms with Crippen LogP contribution in [-0.4, -0.2) is 5.91 Å². The second kappa shape index (κ2) is 4.94. The van der Waals surface area contributed by atoms with Crippen LogP contribution in [0.1, 0.15) is 0 Å². The molecule has 1 aromatic rings. The molecule has 1 rings (SSSR count). The molecule has 0 bridgehead atoms. The van der Waals surface area contributed by atoms with E-state index in [0.717, 1.165) is 0 Å². The molecule has 3 N–H and O–H groups in total. The first-order valence-corrected chi connectivity index (χ1v) is 4.45. The second-order valence-electron chi connectivity index (χ2n) is 3.13. The van der Waals surface area contributed by atoms with Crippen molar-refractivity contribution in [2.24, 2.45) is 11.7 Å². The minimum atomic E-state index is -1.14. The predicted molar refractivity (Wildman–Crippen MR) is 57.5 cm³/mol. The third-order valence-corrected chi connectivity index (χ3v) is 1.89. The average Bonchev–Trinajstić information content (AvgIpc) is 2.17. The Balaban J connectivity index is 2.79. The maximum Gasteiger partial charge on any atom is 0.240 e. The highest BCUT2D eigenvalue weighted by molar-refractivity contribution is 5.83. The molecule has 0 radical (unpaired) electrons. The maximum atomic E-state index is 12.8. The van der Waals surface area contributed by atoms with E-state index in [1.807, 2.05) is 0 Å². The van der Waals surface area contributed by atoms with Crippen LogP contribution in [0.4, 0.5) is 10.1 Å². The number of amides is 1. The summed E-state index contributed by atoms with van der Waals surface area (Å²) in [6.07, 6.45) is 0. The number of nitrogens with zero attached hydrogens (tertiary/aromatic N) is 1. The predicted octanol–water partition coefficient (Wildman–Crippen LogP) is 1.38. The van der Waals surface area contributed by atoms with E-state index in [1.54, 1.807) is 12.1 Å². The molecule has 1 atom stereocenters. The van der Waals surface area contributed by atoms with Gasteiger partial charge in [-0.05, 0) is 18.2 Å². The molecule has 0 aromatic heterocycles. The number of rotatable bonds is 4. The standard InChI is InChI=1S/C11H10FN3O/c1-7(10(6-13)11(14)16)15-9-4-2-3-8(12)5-9/h2-5,10,15H,1H2,(H2,14,16)/t10-/m1/s1. The highest BCUT2D eigenvalue weighted by Crippen LogP contribution is 2.15. The number of nitriles is 1. The third-order valence-electron chi connectivity index (χ3n) is 1.89. The van der Waals surface area contributed by atoms with Crippen molar-refractivity contribution in [3.8, 4) is 6.07 Å². The van der Waals surface area contributed by atoms with Gasteiger partial charge in [-0.15, -0.1) is 0 Å². The van der Waals surface area contributed by atoms with E-state index in [-0.39, 0.29) is 5.70 Å². The molecule has 0 saturated heterocycles. The number of carbonyl (C=O) groups is 1. The maximum absolute atomic E-state index is 12.8. The van der Waals surface area contributed by atoms with Crippen LogP contribution in [0, 0.1) is 23.1 Å². The van der Waals surface area contributed by atoms with Crippen molar-refractivity contribution in [2.75, 3.05) is 5.32 Å². The lowest BCUT2D eigenvalue weighted by molar-refractivity contribution is -0.119. The second-order valence-corrected chi connectivity index (χ2v) is 3.13. The first-order chi connectivity index (χ1) is 7.54. The molecule has 0 unspecified atom stereocenters. The lowest BCUT2D eigenvalue weighted by atomic mass is 10.1. The molecule has 0 aliphatic carbocycles. The van der Waals surface area contributed by atoms with Crippen molar-refractivity contribution in [3.63, 3.8) is 0 Å². The largest absolute Gasteiger partial charge is 0.368 e. The Morgan fingerprint density at radius 1 is 1.62 bits per heavy atom. The van der Waals surface area contributed by atoms with Crippen LogP contribution in [0.2, 0.25) is 0 Å². The Morgan fingerprint density at radius 2 is 2.31 bits per heavy atom. The fraction of sp³-hybridized carbons (Fsp3) is 0.0909. The molecule has 0 fully saturated rings. The molecule has 0 spiro atoms. The summed E-state index contributed by atoms with van der Waals surface area (Å²) in [4.78, 5) is 10.9. The smallest absolute Gasteiger partial charge is 0.240 e. The van der Waals surface area contributed by atoms with Crippen LogP contribution in [0.3, 0.4) is 0 Å². The molecular formula is C11H10FN3O. The molecule has 4 nitrogen and oxygen atoms in total. The van der Waals surface area contributed by atoms with Gasteiger partial charge in [-0.1, -0.05) is 12.6 Å². The summed E-state index contributed by atoms with van der Waals surface area (Å²) in [5.41, 5.74) is 5.53. The van der Waals surface area contributed by atoms with Crippen molar-refractivity contribution in [2.45, 2.75) is 0 Å². The zero-order valence-electron chi connectivity index (χ0n) is 8.40. The highest BCUT2D eigenvalue weighted by Gasteiger charge is 2.18. The van der Waals surface area contributed by atoms with Gasteiger partial charge in [-0.2, -0.15) is 5.26 Å². The zero-order chi connectivity index (χ0) is 12.1. The first kappa shape index (κ1) is 11.7. The van der Waals surface area contributed by atoms with E-state index < -0.39 is 17.6 Å². The SMILES string of the molecule is C=C(Nc1cccc(F)c1)[C@@H](C#N)C(N)=O. The molecule has 5 heteroatoms. The molecule has 16 heavy (non-hydrogen) atoms. The fourth-order valence-electron chi connectivity index (χ4n) is 1.14. The van der Waals surface area contributed by atoms with Crippen molar-refractivity contribution in [3.05, 3.63) is 42.4 Å². The summed E-state index contributed by atoms with van der Waals surface area (Å²) < 4.78 is 12.8. The Kier molecular flexibility index (Phi) is 3.62. The van der Waals surface area contributed by atoms with Crippen molar-refractivity contribution in [1.29, 1.82) is 5.26 Å². The first-order valence-electron chi connectivity index (χ1n) is 4.45. The minimum Gasteiger partial charge on any atom is -0.368 e. The van der Waals surface area contributed by atoms with E-state index in [0.29, 0.717) is 5.69 Å². The van der Waals surface area contributed by atoms with Crippen LogP contribution < -0.4 is 11.1 Å². The molecule has 0 heterocycles. The summed E-state index contributed by atoms with van der Waals surface area (Å²) in [6, 6.07) is 7.29. The number of halogens is 1. The summed E-state index contributed by atoms with van der Waals surface area (Å²) in [5.74, 6) is -2.36. The van der Waals surface area contributed by atoms with Gasteiger partial charge in [0.2, 0.25) is 5.91 Å². The number of carbonyl (C=O) groups excluding carboxylic acids is 1. The van der Waals surface area contributed by atoms with Crippen LogP contribution in [-0.2, 0) is 4.79 Å². The van der Waals surface area contributed by atoms with E-state index in [1.165, 1.54) is 18.2 Å². The number of primary amides is 1. The highest BCUT2D eigenvalue weighted by atomic mass is 19.1. The average molecular weight is 219 g/mol. The van der Waals surface area contributed by atoms with Gasteiger partial charge in [0.1, 0.15) is 5.82 Å². The van der Waals surface area contributed by atoms with Gasteiger partial charge >= 0.3 is 0 Å². The number of nitrogens with one attached hydrogen (secondary N) is 1. The minimum absolute atomic E-state index is 0.126. The summed E-state index contributed by atoms with van der Waals surface area (Å²) in [5, 5.41) is 11.3. The topological polar surface area (TPSA) is 78.9 Å².